The molecule has 0 saturated carbocycles. The number of rotatable bonds is 8. The van der Waals surface area contributed by atoms with E-state index in [0.29, 0.717) is 12.8 Å². The molecule has 5 nitrogen and oxygen atoms in total. The Bertz CT molecular complexity index is 756. The van der Waals surface area contributed by atoms with Crippen molar-refractivity contribution in [2.24, 2.45) is 5.11 Å². The van der Waals surface area contributed by atoms with Crippen molar-refractivity contribution >= 4 is 5.97 Å². The van der Waals surface area contributed by atoms with Crippen molar-refractivity contribution in [2.45, 2.75) is 31.7 Å². The summed E-state index contributed by atoms with van der Waals surface area (Å²) < 4.78 is 17.9. The van der Waals surface area contributed by atoms with Crippen molar-refractivity contribution < 1.29 is 13.9 Å². The number of carbonyl (C=O) groups is 1. The molecule has 0 aliphatic heterocycles. The first-order chi connectivity index (χ1) is 12.1. The van der Waals surface area contributed by atoms with Gasteiger partial charge in [0, 0.05) is 11.3 Å². The highest BCUT2D eigenvalue weighted by Crippen LogP contribution is 2.24. The number of azide groups is 1. The van der Waals surface area contributed by atoms with Crippen molar-refractivity contribution in [1.29, 1.82) is 0 Å². The molecule has 0 heterocycles. The van der Waals surface area contributed by atoms with Gasteiger partial charge in [0.15, 0.2) is 0 Å². The molecule has 2 rings (SSSR count). The Labute approximate surface area is 146 Å². The number of ether oxygens (including phenoxy) is 1. The molecule has 0 aromatic heterocycles. The highest BCUT2D eigenvalue weighted by molar-refractivity contribution is 5.69. The maximum Gasteiger partial charge on any atom is 0.305 e. The Hall–Kier alpha value is -2.85. The molecule has 0 aliphatic rings. The normalized spacial score (nSPS) is 11.4. The lowest BCUT2D eigenvalue weighted by atomic mass is 9.97. The Kier molecular flexibility index (Phi) is 6.99. The molecule has 0 spiro atoms. The van der Waals surface area contributed by atoms with Gasteiger partial charge >= 0.3 is 5.97 Å². The molecule has 1 atom stereocenters. The minimum absolute atomic E-state index is 0.213. The van der Waals surface area contributed by atoms with Crippen LogP contribution in [0.2, 0.25) is 0 Å². The Morgan fingerprint density at radius 2 is 2.00 bits per heavy atom. The average molecular weight is 341 g/mol. The third-order valence-electron chi connectivity index (χ3n) is 3.95. The Balaban J connectivity index is 2.03. The first kappa shape index (κ1) is 18.5. The van der Waals surface area contributed by atoms with Crippen molar-refractivity contribution in [3.05, 3.63) is 81.5 Å². The van der Waals surface area contributed by atoms with Crippen molar-refractivity contribution in [1.82, 2.24) is 0 Å². The minimum atomic E-state index is -0.393. The standard InChI is InChI=1S/C19H20FN3O2/c1-25-19(24)7-3-4-14-8-10-16(11-9-14)18(22-23-21)13-15-5-2-6-17(20)12-15/h2,5-6,8-12,18H,3-4,7,13H2,1H3. The van der Waals surface area contributed by atoms with Crippen LogP contribution in [0.3, 0.4) is 0 Å². The van der Waals surface area contributed by atoms with Gasteiger partial charge in [0.2, 0.25) is 0 Å². The van der Waals surface area contributed by atoms with Crippen LogP contribution in [-0.2, 0) is 22.4 Å². The molecule has 25 heavy (non-hydrogen) atoms. The van der Waals surface area contributed by atoms with Gasteiger partial charge in [-0.25, -0.2) is 4.39 Å². The van der Waals surface area contributed by atoms with Gasteiger partial charge in [0.1, 0.15) is 5.82 Å². The number of benzene rings is 2. The van der Waals surface area contributed by atoms with Gasteiger partial charge in [-0.05, 0) is 53.6 Å². The van der Waals surface area contributed by atoms with Crippen molar-refractivity contribution in [3.8, 4) is 0 Å². The van der Waals surface area contributed by atoms with E-state index in [2.05, 4.69) is 14.8 Å². The van der Waals surface area contributed by atoms with Crippen LogP contribution in [0.1, 0.15) is 35.6 Å². The number of esters is 1. The number of nitrogens with zero attached hydrogens (tertiary/aromatic N) is 3. The molecule has 0 radical (unpaired) electrons. The van der Waals surface area contributed by atoms with E-state index in [1.165, 1.54) is 19.2 Å². The van der Waals surface area contributed by atoms with Crippen LogP contribution >= 0.6 is 0 Å². The second-order valence-electron chi connectivity index (χ2n) is 5.73. The molecule has 2 aromatic carbocycles. The van der Waals surface area contributed by atoms with Crippen molar-refractivity contribution in [3.63, 3.8) is 0 Å². The number of carbonyl (C=O) groups excluding carboxylic acids is 1. The van der Waals surface area contributed by atoms with Gasteiger partial charge in [-0.15, -0.1) is 0 Å². The van der Waals surface area contributed by atoms with E-state index in [4.69, 9.17) is 5.53 Å². The number of methoxy groups -OCH3 is 1. The smallest absolute Gasteiger partial charge is 0.305 e. The molecule has 0 saturated heterocycles. The molecule has 0 N–H and O–H groups in total. The van der Waals surface area contributed by atoms with E-state index in [-0.39, 0.29) is 11.8 Å². The second kappa shape index (κ2) is 9.45. The highest BCUT2D eigenvalue weighted by Gasteiger charge is 2.11. The maximum absolute atomic E-state index is 13.3. The number of hydrogen-bond acceptors (Lipinski definition) is 3. The zero-order valence-corrected chi connectivity index (χ0v) is 14.1. The lowest BCUT2D eigenvalue weighted by molar-refractivity contribution is -0.140. The van der Waals surface area contributed by atoms with E-state index in [1.807, 2.05) is 30.3 Å². The summed E-state index contributed by atoms with van der Waals surface area (Å²) in [6.45, 7) is 0. The molecule has 130 valence electrons. The predicted octanol–water partition coefficient (Wildman–Crippen LogP) is 4.92. The van der Waals surface area contributed by atoms with Gasteiger partial charge in [0.25, 0.3) is 0 Å². The second-order valence-corrected chi connectivity index (χ2v) is 5.73. The van der Waals surface area contributed by atoms with Gasteiger partial charge in [-0.3, -0.25) is 4.79 Å². The first-order valence-corrected chi connectivity index (χ1v) is 8.06. The average Bonchev–Trinajstić information content (AvgIpc) is 2.62. The molecular weight excluding hydrogens is 321 g/mol. The zero-order chi connectivity index (χ0) is 18.1. The van der Waals surface area contributed by atoms with E-state index >= 15 is 0 Å². The quantitative estimate of drug-likeness (QED) is 0.296. The van der Waals surface area contributed by atoms with Gasteiger partial charge in [-0.2, -0.15) is 0 Å². The summed E-state index contributed by atoms with van der Waals surface area (Å²) in [5.41, 5.74) is 11.6. The zero-order valence-electron chi connectivity index (χ0n) is 14.1. The lowest BCUT2D eigenvalue weighted by Gasteiger charge is -2.12. The van der Waals surface area contributed by atoms with Crippen LogP contribution in [0.25, 0.3) is 10.4 Å². The van der Waals surface area contributed by atoms with E-state index in [0.717, 1.165) is 29.5 Å². The van der Waals surface area contributed by atoms with Crippen LogP contribution in [-0.4, -0.2) is 13.1 Å². The fraction of sp³-hybridized carbons (Fsp3) is 0.316. The van der Waals surface area contributed by atoms with Gasteiger partial charge in [-0.1, -0.05) is 41.5 Å². The summed E-state index contributed by atoms with van der Waals surface area (Å²) in [5.74, 6) is -0.520. The van der Waals surface area contributed by atoms with Crippen LogP contribution in [0.4, 0.5) is 4.39 Å². The lowest BCUT2D eigenvalue weighted by Crippen LogP contribution is -2.02. The van der Waals surface area contributed by atoms with E-state index < -0.39 is 6.04 Å². The van der Waals surface area contributed by atoms with Crippen LogP contribution in [0.5, 0.6) is 0 Å². The summed E-state index contributed by atoms with van der Waals surface area (Å²) in [6, 6.07) is 13.6. The Morgan fingerprint density at radius 3 is 2.64 bits per heavy atom. The first-order valence-electron chi connectivity index (χ1n) is 8.06. The van der Waals surface area contributed by atoms with Crippen LogP contribution in [0, 0.1) is 5.82 Å². The van der Waals surface area contributed by atoms with E-state index in [9.17, 15) is 9.18 Å². The fourth-order valence-electron chi connectivity index (χ4n) is 2.62. The van der Waals surface area contributed by atoms with Crippen LogP contribution in [0.15, 0.2) is 53.6 Å². The molecule has 0 fully saturated rings. The molecule has 1 unspecified atom stereocenters. The summed E-state index contributed by atoms with van der Waals surface area (Å²) in [4.78, 5) is 14.0. The predicted molar refractivity (Wildman–Crippen MR) is 93.4 cm³/mol. The third-order valence-corrected chi connectivity index (χ3v) is 3.95. The number of hydrogen-bond donors (Lipinski definition) is 0. The van der Waals surface area contributed by atoms with Crippen molar-refractivity contribution in [2.75, 3.05) is 7.11 Å². The summed E-state index contributed by atoms with van der Waals surface area (Å²) in [6.07, 6.45) is 2.31. The number of aryl methyl sites for hydroxylation is 1. The van der Waals surface area contributed by atoms with Gasteiger partial charge in [0.05, 0.1) is 13.2 Å². The Morgan fingerprint density at radius 1 is 1.24 bits per heavy atom. The highest BCUT2D eigenvalue weighted by atomic mass is 19.1. The largest absolute Gasteiger partial charge is 0.469 e. The number of halogens is 1. The third kappa shape index (κ3) is 5.94. The molecule has 2 aromatic rings. The molecule has 6 heteroatoms. The summed E-state index contributed by atoms with van der Waals surface area (Å²) in [7, 11) is 1.38. The summed E-state index contributed by atoms with van der Waals surface area (Å²) >= 11 is 0. The van der Waals surface area contributed by atoms with E-state index in [1.54, 1.807) is 6.07 Å². The van der Waals surface area contributed by atoms with Gasteiger partial charge < -0.3 is 4.74 Å². The molecule has 0 aliphatic carbocycles. The molecule has 0 amide bonds. The maximum atomic E-state index is 13.3. The fourth-order valence-corrected chi connectivity index (χ4v) is 2.62. The topological polar surface area (TPSA) is 75.1 Å². The molecular formula is C19H20FN3O2. The SMILES string of the molecule is COC(=O)CCCc1ccc(C(Cc2cccc(F)c2)N=[N+]=[N-])cc1. The van der Waals surface area contributed by atoms with Crippen LogP contribution < -0.4 is 0 Å². The molecule has 0 bridgehead atoms. The minimum Gasteiger partial charge on any atom is -0.469 e. The monoisotopic (exact) mass is 341 g/mol. The summed E-state index contributed by atoms with van der Waals surface area (Å²) in [5, 5.41) is 3.84.